The Morgan fingerprint density at radius 2 is 1.79 bits per heavy atom. The van der Waals surface area contributed by atoms with Crippen LogP contribution in [-0.2, 0) is 31.7 Å². The number of aromatic nitrogens is 1. The van der Waals surface area contributed by atoms with Crippen LogP contribution in [-0.4, -0.2) is 54.6 Å². The Morgan fingerprint density at radius 3 is 2.47 bits per heavy atom. The zero-order valence-corrected chi connectivity index (χ0v) is 25.8. The molecule has 2 atom stereocenters. The van der Waals surface area contributed by atoms with Crippen molar-refractivity contribution in [2.24, 2.45) is 5.92 Å². The Labute approximate surface area is 262 Å². The van der Waals surface area contributed by atoms with Gasteiger partial charge in [-0.15, -0.1) is 11.8 Å². The normalized spacial score (nSPS) is 18.0. The average molecular weight is 674 g/mol. The number of benzene rings is 2. The van der Waals surface area contributed by atoms with Gasteiger partial charge in [-0.25, -0.2) is 13.2 Å². The van der Waals surface area contributed by atoms with Crippen molar-refractivity contribution in [3.63, 3.8) is 0 Å². The van der Waals surface area contributed by atoms with Crippen LogP contribution < -0.4 is 9.47 Å². The van der Waals surface area contributed by atoms with E-state index in [1.165, 1.54) is 30.6 Å². The topological polar surface area (TPSA) is 95.0 Å². The summed E-state index contributed by atoms with van der Waals surface area (Å²) in [5, 5.41) is -0.649. The van der Waals surface area contributed by atoms with Crippen molar-refractivity contribution in [3.8, 4) is 11.5 Å². The van der Waals surface area contributed by atoms with Crippen molar-refractivity contribution in [1.29, 1.82) is 0 Å². The Hall–Kier alpha value is -2.64. The summed E-state index contributed by atoms with van der Waals surface area (Å²) < 4.78 is 70.5. The van der Waals surface area contributed by atoms with Gasteiger partial charge < -0.3 is 14.2 Å². The molecule has 1 saturated carbocycles. The van der Waals surface area contributed by atoms with Crippen LogP contribution in [0.15, 0.2) is 60.9 Å². The number of hydrogen-bond acceptors (Lipinski definition) is 8. The summed E-state index contributed by atoms with van der Waals surface area (Å²) >= 11 is 13.9. The fourth-order valence-electron chi connectivity index (χ4n) is 4.56. The molecule has 2 aliphatic rings. The first-order valence-corrected chi connectivity index (χ1v) is 16.9. The number of thioether (sulfide) groups is 1. The van der Waals surface area contributed by atoms with Crippen LogP contribution in [0.25, 0.3) is 0 Å². The minimum absolute atomic E-state index is 0.00278. The number of alkyl halides is 2. The Balaban J connectivity index is 1.43. The zero-order valence-electron chi connectivity index (χ0n) is 22.7. The van der Waals surface area contributed by atoms with Crippen molar-refractivity contribution in [3.05, 3.63) is 87.7 Å². The summed E-state index contributed by atoms with van der Waals surface area (Å²) in [5.74, 6) is -0.404. The molecule has 43 heavy (non-hydrogen) atoms. The number of halogens is 4. The zero-order chi connectivity index (χ0) is 30.6. The van der Waals surface area contributed by atoms with E-state index in [2.05, 4.69) is 9.72 Å². The molecule has 0 spiro atoms. The van der Waals surface area contributed by atoms with Crippen molar-refractivity contribution < 1.29 is 36.2 Å². The van der Waals surface area contributed by atoms with E-state index >= 15 is 0 Å². The number of sulfonamides is 1. The third-order valence-corrected chi connectivity index (χ3v) is 10.7. The maximum Gasteiger partial charge on any atom is 0.387 e. The fraction of sp³-hybridized carbons (Fsp3) is 0.379. The van der Waals surface area contributed by atoms with Crippen LogP contribution in [0.5, 0.6) is 11.5 Å². The first kappa shape index (κ1) is 31.8. The van der Waals surface area contributed by atoms with E-state index in [1.54, 1.807) is 30.3 Å². The van der Waals surface area contributed by atoms with Gasteiger partial charge in [0, 0.05) is 31.1 Å². The van der Waals surface area contributed by atoms with E-state index in [4.69, 9.17) is 32.7 Å². The maximum atomic E-state index is 13.6. The van der Waals surface area contributed by atoms with Crippen molar-refractivity contribution in [2.75, 3.05) is 18.9 Å². The summed E-state index contributed by atoms with van der Waals surface area (Å²) in [6, 6.07) is 13.0. The summed E-state index contributed by atoms with van der Waals surface area (Å²) in [4.78, 5) is 17.6. The molecule has 2 aromatic carbocycles. The highest BCUT2D eigenvalue weighted by atomic mass is 35.5. The van der Waals surface area contributed by atoms with Gasteiger partial charge in [0.1, 0.15) is 6.10 Å². The third kappa shape index (κ3) is 8.30. The lowest BCUT2D eigenvalue weighted by Gasteiger charge is -2.26. The highest BCUT2D eigenvalue weighted by molar-refractivity contribution is 8.01. The highest BCUT2D eigenvalue weighted by Crippen LogP contribution is 2.39. The Kier molecular flexibility index (Phi) is 10.3. The molecule has 0 N–H and O–H groups in total. The smallest absolute Gasteiger partial charge is 0.387 e. The van der Waals surface area contributed by atoms with Crippen molar-refractivity contribution >= 4 is 51.0 Å². The van der Waals surface area contributed by atoms with Gasteiger partial charge in [0.25, 0.3) is 0 Å². The number of nitrogens with zero attached hydrogens (tertiary/aromatic N) is 2. The molecule has 2 unspecified atom stereocenters. The van der Waals surface area contributed by atoms with Crippen molar-refractivity contribution in [2.45, 2.75) is 43.1 Å². The molecule has 230 valence electrons. The molecule has 8 nitrogen and oxygen atoms in total. The molecule has 0 bridgehead atoms. The van der Waals surface area contributed by atoms with E-state index in [1.807, 2.05) is 0 Å². The number of rotatable bonds is 13. The SMILES string of the molecule is O=C(OC(Cc1c(Cl)cncc1Cl)c1ccc(OC(F)F)c(OCC2CC2)c1)C1SCCN1S(=O)(=O)Cc1ccccc1. The summed E-state index contributed by atoms with van der Waals surface area (Å²) in [5.41, 5.74) is 1.43. The molecule has 1 saturated heterocycles. The first-order chi connectivity index (χ1) is 20.6. The summed E-state index contributed by atoms with van der Waals surface area (Å²) in [6.45, 7) is -2.60. The number of carbonyl (C=O) groups excluding carboxylic acids is 1. The standard InChI is InChI=1S/C29H28Cl2F2N2O6S2/c30-22-14-34-15-23(31)21(22)13-25(20-8-9-24(41-29(32)33)26(12-20)39-16-18-6-7-18)40-28(36)27-35(10-11-42-27)43(37,38)17-19-4-2-1-3-5-19/h1-5,8-9,12,14-15,18,25,27,29H,6-7,10-11,13,16-17H2. The molecular weight excluding hydrogens is 645 g/mol. The quantitative estimate of drug-likeness (QED) is 0.190. The summed E-state index contributed by atoms with van der Waals surface area (Å²) in [6.07, 6.45) is 3.72. The van der Waals surface area contributed by atoms with Crippen LogP contribution in [0.3, 0.4) is 0 Å². The lowest BCUT2D eigenvalue weighted by Crippen LogP contribution is -2.41. The van der Waals surface area contributed by atoms with Crippen LogP contribution in [0.1, 0.15) is 35.6 Å². The number of pyridine rings is 1. The predicted octanol–water partition coefficient (Wildman–Crippen LogP) is 6.51. The molecule has 1 aliphatic heterocycles. The van der Waals surface area contributed by atoms with Crippen LogP contribution >= 0.6 is 35.0 Å². The molecule has 14 heteroatoms. The first-order valence-electron chi connectivity index (χ1n) is 13.5. The van der Waals surface area contributed by atoms with Crippen LogP contribution in [0, 0.1) is 5.92 Å². The van der Waals surface area contributed by atoms with E-state index in [0.29, 0.717) is 35.0 Å². The molecule has 5 rings (SSSR count). The van der Waals surface area contributed by atoms with Gasteiger partial charge in [0.2, 0.25) is 10.0 Å². The minimum Gasteiger partial charge on any atom is -0.489 e. The number of esters is 1. The third-order valence-electron chi connectivity index (χ3n) is 6.93. The Bertz CT molecular complexity index is 1530. The lowest BCUT2D eigenvalue weighted by molar-refractivity contribution is -0.150. The second kappa shape index (κ2) is 14.0. The van der Waals surface area contributed by atoms with E-state index in [9.17, 15) is 22.0 Å². The molecule has 2 heterocycles. The van der Waals surface area contributed by atoms with Gasteiger partial charge in [-0.3, -0.25) is 4.98 Å². The average Bonchev–Trinajstić information content (AvgIpc) is 3.65. The minimum atomic E-state index is -3.86. The second-order valence-electron chi connectivity index (χ2n) is 10.1. The monoisotopic (exact) mass is 672 g/mol. The lowest BCUT2D eigenvalue weighted by atomic mass is 10.0. The largest absolute Gasteiger partial charge is 0.489 e. The highest BCUT2D eigenvalue weighted by Gasteiger charge is 2.41. The number of ether oxygens (including phenoxy) is 3. The van der Waals surface area contributed by atoms with Crippen molar-refractivity contribution in [1.82, 2.24) is 9.29 Å². The van der Waals surface area contributed by atoms with E-state index in [0.717, 1.165) is 28.9 Å². The van der Waals surface area contributed by atoms with Crippen LogP contribution in [0.2, 0.25) is 10.0 Å². The van der Waals surface area contributed by atoms with Gasteiger partial charge in [0.05, 0.1) is 22.4 Å². The molecule has 0 radical (unpaired) electrons. The van der Waals surface area contributed by atoms with Gasteiger partial charge in [0.15, 0.2) is 16.9 Å². The molecule has 0 amide bonds. The van der Waals surface area contributed by atoms with Gasteiger partial charge in [-0.05, 0) is 47.6 Å². The van der Waals surface area contributed by atoms with E-state index in [-0.39, 0.29) is 40.3 Å². The summed E-state index contributed by atoms with van der Waals surface area (Å²) in [7, 11) is -3.86. The maximum absolute atomic E-state index is 13.6. The molecule has 2 fully saturated rings. The second-order valence-corrected chi connectivity index (χ2v) is 14.1. The van der Waals surface area contributed by atoms with Crippen LogP contribution in [0.4, 0.5) is 8.78 Å². The van der Waals surface area contributed by atoms with Gasteiger partial charge in [-0.2, -0.15) is 13.1 Å². The van der Waals surface area contributed by atoms with E-state index < -0.39 is 34.1 Å². The van der Waals surface area contributed by atoms with Gasteiger partial charge >= 0.3 is 12.6 Å². The number of carbonyl (C=O) groups is 1. The molecular formula is C29H28Cl2F2N2O6S2. The predicted molar refractivity (Wildman–Crippen MR) is 160 cm³/mol. The number of hydrogen-bond donors (Lipinski definition) is 0. The van der Waals surface area contributed by atoms with Gasteiger partial charge in [-0.1, -0.05) is 59.6 Å². The fourth-order valence-corrected chi connectivity index (χ4v) is 8.29. The molecule has 3 aromatic rings. The Morgan fingerprint density at radius 1 is 1.07 bits per heavy atom. The molecule has 1 aromatic heterocycles. The molecule has 1 aliphatic carbocycles.